The molecule has 0 amide bonds. The normalized spacial score (nSPS) is 19.0. The Balaban J connectivity index is 1.77. The third-order valence-corrected chi connectivity index (χ3v) is 4.70. The van der Waals surface area contributed by atoms with Crippen molar-refractivity contribution in [3.8, 4) is 0 Å². The molecule has 0 spiro atoms. The molecule has 0 bridgehead atoms. The van der Waals surface area contributed by atoms with E-state index in [1.54, 1.807) is 0 Å². The second-order valence-corrected chi connectivity index (χ2v) is 6.41. The van der Waals surface area contributed by atoms with Gasteiger partial charge in [-0.2, -0.15) is 0 Å². The number of aromatic nitrogens is 1. The van der Waals surface area contributed by atoms with Crippen LogP contribution in [0.15, 0.2) is 30.3 Å². The minimum atomic E-state index is 0.330. The first-order valence-corrected chi connectivity index (χ1v) is 7.96. The Morgan fingerprint density at radius 1 is 1.29 bits per heavy atom. The molecular weight excluding hydrogens is 258 g/mol. The van der Waals surface area contributed by atoms with E-state index in [0.29, 0.717) is 12.0 Å². The standard InChI is InChI=1S/C18H25N3/c1-13-11-16(17-5-3-4-6-18(17)20-13)12-21-9-7-15(8-10-21)14(2)19/h3-6,11,14-15H,7-10,12,19H2,1-2H3. The predicted octanol–water partition coefficient (Wildman–Crippen LogP) is 3.10. The SMILES string of the molecule is Cc1cc(CN2CCC(C(C)N)CC2)c2ccccc2n1. The number of pyridine rings is 1. The summed E-state index contributed by atoms with van der Waals surface area (Å²) in [5, 5.41) is 1.29. The molecule has 1 aliphatic heterocycles. The number of piperidine rings is 1. The van der Waals surface area contributed by atoms with Gasteiger partial charge in [-0.05, 0) is 63.4 Å². The highest BCUT2D eigenvalue weighted by molar-refractivity contribution is 5.82. The Morgan fingerprint density at radius 2 is 2.00 bits per heavy atom. The van der Waals surface area contributed by atoms with Crippen LogP contribution < -0.4 is 5.73 Å². The van der Waals surface area contributed by atoms with Crippen LogP contribution in [0.25, 0.3) is 10.9 Å². The maximum absolute atomic E-state index is 6.03. The molecule has 21 heavy (non-hydrogen) atoms. The Morgan fingerprint density at radius 3 is 2.71 bits per heavy atom. The molecule has 0 radical (unpaired) electrons. The first kappa shape index (κ1) is 14.5. The molecule has 1 unspecified atom stereocenters. The molecule has 1 fully saturated rings. The quantitative estimate of drug-likeness (QED) is 0.941. The fraction of sp³-hybridized carbons (Fsp3) is 0.500. The van der Waals surface area contributed by atoms with Crippen molar-refractivity contribution in [2.75, 3.05) is 13.1 Å². The average Bonchev–Trinajstić information content (AvgIpc) is 2.47. The van der Waals surface area contributed by atoms with Gasteiger partial charge in [0.25, 0.3) is 0 Å². The van der Waals surface area contributed by atoms with Crippen molar-refractivity contribution in [1.29, 1.82) is 0 Å². The van der Waals surface area contributed by atoms with Crippen LogP contribution in [-0.2, 0) is 6.54 Å². The van der Waals surface area contributed by atoms with Crippen molar-refractivity contribution >= 4 is 10.9 Å². The van der Waals surface area contributed by atoms with E-state index in [1.165, 1.54) is 23.8 Å². The molecule has 0 saturated carbocycles. The Kier molecular flexibility index (Phi) is 4.22. The Bertz CT molecular complexity index is 613. The van der Waals surface area contributed by atoms with Crippen LogP contribution in [0, 0.1) is 12.8 Å². The first-order chi connectivity index (χ1) is 10.1. The van der Waals surface area contributed by atoms with Crippen molar-refractivity contribution in [3.63, 3.8) is 0 Å². The molecule has 2 N–H and O–H groups in total. The second kappa shape index (κ2) is 6.12. The number of hydrogen-bond acceptors (Lipinski definition) is 3. The number of rotatable bonds is 3. The lowest BCUT2D eigenvalue weighted by molar-refractivity contribution is 0.166. The number of benzene rings is 1. The number of aryl methyl sites for hydroxylation is 1. The summed E-state index contributed by atoms with van der Waals surface area (Å²) < 4.78 is 0. The largest absolute Gasteiger partial charge is 0.328 e. The van der Waals surface area contributed by atoms with Gasteiger partial charge in [-0.15, -0.1) is 0 Å². The van der Waals surface area contributed by atoms with Gasteiger partial charge in [-0.3, -0.25) is 9.88 Å². The lowest BCUT2D eigenvalue weighted by atomic mass is 9.90. The lowest BCUT2D eigenvalue weighted by Gasteiger charge is -2.33. The van der Waals surface area contributed by atoms with Crippen LogP contribution in [0.2, 0.25) is 0 Å². The molecule has 3 rings (SSSR count). The van der Waals surface area contributed by atoms with Crippen molar-refractivity contribution in [3.05, 3.63) is 41.6 Å². The van der Waals surface area contributed by atoms with Gasteiger partial charge in [0.1, 0.15) is 0 Å². The molecule has 1 aliphatic rings. The van der Waals surface area contributed by atoms with Crippen LogP contribution >= 0.6 is 0 Å². The van der Waals surface area contributed by atoms with Crippen LogP contribution in [0.4, 0.5) is 0 Å². The van der Waals surface area contributed by atoms with E-state index in [1.807, 2.05) is 0 Å². The first-order valence-electron chi connectivity index (χ1n) is 7.96. The zero-order chi connectivity index (χ0) is 14.8. The van der Waals surface area contributed by atoms with E-state index >= 15 is 0 Å². The van der Waals surface area contributed by atoms with Crippen molar-refractivity contribution in [2.45, 2.75) is 39.3 Å². The number of nitrogens with two attached hydrogens (primary N) is 1. The zero-order valence-electron chi connectivity index (χ0n) is 13.0. The van der Waals surface area contributed by atoms with E-state index in [9.17, 15) is 0 Å². The summed E-state index contributed by atoms with van der Waals surface area (Å²) in [4.78, 5) is 7.19. The van der Waals surface area contributed by atoms with Gasteiger partial charge in [0.2, 0.25) is 0 Å². The smallest absolute Gasteiger partial charge is 0.0708 e. The van der Waals surface area contributed by atoms with Crippen LogP contribution in [0.3, 0.4) is 0 Å². The monoisotopic (exact) mass is 283 g/mol. The van der Waals surface area contributed by atoms with Crippen molar-refractivity contribution < 1.29 is 0 Å². The van der Waals surface area contributed by atoms with E-state index in [2.05, 4.69) is 54.1 Å². The zero-order valence-corrected chi connectivity index (χ0v) is 13.0. The number of likely N-dealkylation sites (tertiary alicyclic amines) is 1. The summed E-state index contributed by atoms with van der Waals surface area (Å²) in [6.45, 7) is 7.55. The molecular formula is C18H25N3. The second-order valence-electron chi connectivity index (χ2n) is 6.41. The van der Waals surface area contributed by atoms with Crippen LogP contribution in [0.1, 0.15) is 31.0 Å². The number of para-hydroxylation sites is 1. The maximum Gasteiger partial charge on any atom is 0.0708 e. The molecule has 1 saturated heterocycles. The number of nitrogens with zero attached hydrogens (tertiary/aromatic N) is 2. The van der Waals surface area contributed by atoms with Gasteiger partial charge in [0.05, 0.1) is 5.52 Å². The van der Waals surface area contributed by atoms with Gasteiger partial charge in [0.15, 0.2) is 0 Å². The fourth-order valence-corrected chi connectivity index (χ4v) is 3.40. The van der Waals surface area contributed by atoms with Crippen molar-refractivity contribution in [2.24, 2.45) is 11.7 Å². The molecule has 3 nitrogen and oxygen atoms in total. The lowest BCUT2D eigenvalue weighted by Crippen LogP contribution is -2.39. The van der Waals surface area contributed by atoms with Crippen LogP contribution in [-0.4, -0.2) is 29.0 Å². The average molecular weight is 283 g/mol. The predicted molar refractivity (Wildman–Crippen MR) is 88.1 cm³/mol. The van der Waals surface area contributed by atoms with Gasteiger partial charge in [0, 0.05) is 23.7 Å². The Hall–Kier alpha value is -1.45. The minimum Gasteiger partial charge on any atom is -0.328 e. The van der Waals surface area contributed by atoms with E-state index in [-0.39, 0.29) is 0 Å². The summed E-state index contributed by atoms with van der Waals surface area (Å²) >= 11 is 0. The van der Waals surface area contributed by atoms with Gasteiger partial charge in [-0.25, -0.2) is 0 Å². The van der Waals surface area contributed by atoms with Crippen LogP contribution in [0.5, 0.6) is 0 Å². The van der Waals surface area contributed by atoms with Gasteiger partial charge in [-0.1, -0.05) is 18.2 Å². The fourth-order valence-electron chi connectivity index (χ4n) is 3.40. The summed E-state index contributed by atoms with van der Waals surface area (Å²) in [5.74, 6) is 0.692. The summed E-state index contributed by atoms with van der Waals surface area (Å²) in [6, 6.07) is 11.0. The number of fused-ring (bicyclic) bond motifs is 1. The molecule has 1 aromatic carbocycles. The third kappa shape index (κ3) is 3.25. The van der Waals surface area contributed by atoms with Gasteiger partial charge < -0.3 is 5.73 Å². The Labute approximate surface area is 127 Å². The van der Waals surface area contributed by atoms with E-state index in [0.717, 1.165) is 30.8 Å². The molecule has 2 heterocycles. The highest BCUT2D eigenvalue weighted by atomic mass is 15.1. The van der Waals surface area contributed by atoms with Crippen molar-refractivity contribution in [1.82, 2.24) is 9.88 Å². The van der Waals surface area contributed by atoms with E-state index in [4.69, 9.17) is 5.73 Å². The molecule has 112 valence electrons. The number of hydrogen-bond donors (Lipinski definition) is 1. The topological polar surface area (TPSA) is 42.1 Å². The summed E-state index contributed by atoms with van der Waals surface area (Å²) in [7, 11) is 0. The highest BCUT2D eigenvalue weighted by Gasteiger charge is 2.22. The minimum absolute atomic E-state index is 0.330. The summed E-state index contributed by atoms with van der Waals surface area (Å²) in [6.07, 6.45) is 2.44. The summed E-state index contributed by atoms with van der Waals surface area (Å²) in [5.41, 5.74) is 9.65. The van der Waals surface area contributed by atoms with Gasteiger partial charge >= 0.3 is 0 Å². The molecule has 2 aromatic rings. The molecule has 0 aliphatic carbocycles. The van der Waals surface area contributed by atoms with E-state index < -0.39 is 0 Å². The maximum atomic E-state index is 6.03. The molecule has 1 aromatic heterocycles. The third-order valence-electron chi connectivity index (χ3n) is 4.70. The highest BCUT2D eigenvalue weighted by Crippen LogP contribution is 2.24. The molecule has 1 atom stereocenters. The molecule has 3 heteroatoms.